The molecule has 2 N–H and O–H groups in total. The van der Waals surface area contributed by atoms with Crippen LogP contribution in [-0.2, 0) is 6.42 Å². The van der Waals surface area contributed by atoms with Crippen LogP contribution < -0.4 is 5.73 Å². The highest BCUT2D eigenvalue weighted by molar-refractivity contribution is 5.14. The van der Waals surface area contributed by atoms with Gasteiger partial charge >= 0.3 is 0 Å². The van der Waals surface area contributed by atoms with E-state index >= 15 is 0 Å². The minimum absolute atomic E-state index is 0.344. The molecule has 1 rings (SSSR count). The smallest absolute Gasteiger partial charge is 0.00419 e. The first-order valence-corrected chi connectivity index (χ1v) is 5.41. The molecule has 77 valence electrons. The molecular weight excluding hydrogens is 170 g/mol. The first kappa shape index (κ1) is 11.3. The highest BCUT2D eigenvalue weighted by atomic mass is 14.6. The van der Waals surface area contributed by atoms with Gasteiger partial charge in [-0.2, -0.15) is 0 Å². The second-order valence-electron chi connectivity index (χ2n) is 3.78. The Balaban J connectivity index is 2.20. The van der Waals surface area contributed by atoms with Crippen molar-refractivity contribution in [1.82, 2.24) is 0 Å². The van der Waals surface area contributed by atoms with Crippen molar-refractivity contribution in [3.63, 3.8) is 0 Å². The lowest BCUT2D eigenvalue weighted by atomic mass is 10.0. The molecule has 0 aliphatic rings. The number of benzene rings is 1. The molecule has 1 aromatic carbocycles. The molecule has 1 nitrogen and oxygen atoms in total. The standard InChI is InChI=1S/C13H20N/c1-2-3-9-13(14)11-10-12-7-5-4-6-8-12/h4-8,13H,1-3,9-11,14H2/t13-/m0/s1. The second kappa shape index (κ2) is 6.61. The Labute approximate surface area is 87.3 Å². The zero-order chi connectivity index (χ0) is 10.2. The number of unbranched alkanes of at least 4 members (excludes halogenated alkanes) is 1. The Morgan fingerprint density at radius 1 is 1.14 bits per heavy atom. The summed E-state index contributed by atoms with van der Waals surface area (Å²) in [5.41, 5.74) is 7.37. The molecule has 14 heavy (non-hydrogen) atoms. The van der Waals surface area contributed by atoms with Crippen LogP contribution >= 0.6 is 0 Å². The lowest BCUT2D eigenvalue weighted by Crippen LogP contribution is -2.20. The third kappa shape index (κ3) is 4.43. The fourth-order valence-electron chi connectivity index (χ4n) is 1.55. The first-order chi connectivity index (χ1) is 6.83. The number of nitrogens with two attached hydrogens (primary N) is 1. The van der Waals surface area contributed by atoms with Gasteiger partial charge in [-0.05, 0) is 24.8 Å². The molecule has 0 heterocycles. The minimum Gasteiger partial charge on any atom is -0.328 e. The predicted molar refractivity (Wildman–Crippen MR) is 61.9 cm³/mol. The molecule has 0 unspecified atom stereocenters. The van der Waals surface area contributed by atoms with Crippen molar-refractivity contribution in [3.8, 4) is 0 Å². The largest absolute Gasteiger partial charge is 0.328 e. The van der Waals surface area contributed by atoms with E-state index in [0.29, 0.717) is 6.04 Å². The van der Waals surface area contributed by atoms with E-state index in [0.717, 1.165) is 32.1 Å². The highest BCUT2D eigenvalue weighted by Crippen LogP contribution is 2.07. The van der Waals surface area contributed by atoms with Gasteiger partial charge in [0, 0.05) is 6.04 Å². The summed E-state index contributed by atoms with van der Waals surface area (Å²) in [7, 11) is 0. The molecule has 0 amide bonds. The summed E-state index contributed by atoms with van der Waals surface area (Å²) in [5, 5.41) is 0. The van der Waals surface area contributed by atoms with Crippen LogP contribution in [0, 0.1) is 6.92 Å². The molecule has 0 fully saturated rings. The normalized spacial score (nSPS) is 12.7. The van der Waals surface area contributed by atoms with Crippen LogP contribution in [0.3, 0.4) is 0 Å². The number of hydrogen-bond donors (Lipinski definition) is 1. The molecule has 0 bridgehead atoms. The van der Waals surface area contributed by atoms with E-state index in [1.54, 1.807) is 0 Å². The summed E-state index contributed by atoms with van der Waals surface area (Å²) in [5.74, 6) is 0. The van der Waals surface area contributed by atoms with Crippen LogP contribution in [0.15, 0.2) is 30.3 Å². The van der Waals surface area contributed by atoms with E-state index < -0.39 is 0 Å². The Morgan fingerprint density at radius 3 is 2.50 bits per heavy atom. The van der Waals surface area contributed by atoms with Gasteiger partial charge in [-0.3, -0.25) is 0 Å². The van der Waals surface area contributed by atoms with Crippen LogP contribution in [0.1, 0.15) is 31.2 Å². The molecular formula is C13H20N. The van der Waals surface area contributed by atoms with E-state index in [9.17, 15) is 0 Å². The number of rotatable bonds is 6. The third-order valence-electron chi connectivity index (χ3n) is 2.47. The molecule has 0 aliphatic heterocycles. The van der Waals surface area contributed by atoms with Crippen LogP contribution in [0.25, 0.3) is 0 Å². The summed E-state index contributed by atoms with van der Waals surface area (Å²) in [6.07, 6.45) is 5.44. The lowest BCUT2D eigenvalue weighted by Gasteiger charge is -2.10. The van der Waals surface area contributed by atoms with Crippen molar-refractivity contribution >= 4 is 0 Å². The summed E-state index contributed by atoms with van der Waals surface area (Å²) in [6, 6.07) is 10.9. The van der Waals surface area contributed by atoms with Gasteiger partial charge in [0.05, 0.1) is 0 Å². The van der Waals surface area contributed by atoms with E-state index in [2.05, 4.69) is 31.2 Å². The van der Waals surface area contributed by atoms with E-state index in [1.165, 1.54) is 5.56 Å². The molecule has 0 spiro atoms. The van der Waals surface area contributed by atoms with Crippen LogP contribution in [0.2, 0.25) is 0 Å². The monoisotopic (exact) mass is 190 g/mol. The molecule has 1 aromatic rings. The van der Waals surface area contributed by atoms with Gasteiger partial charge < -0.3 is 5.73 Å². The quantitative estimate of drug-likeness (QED) is 0.733. The molecule has 0 saturated heterocycles. The van der Waals surface area contributed by atoms with Gasteiger partial charge in [0.25, 0.3) is 0 Å². The summed E-state index contributed by atoms with van der Waals surface area (Å²) < 4.78 is 0. The summed E-state index contributed by atoms with van der Waals surface area (Å²) in [6.45, 7) is 3.82. The van der Waals surface area contributed by atoms with Crippen molar-refractivity contribution in [2.24, 2.45) is 5.73 Å². The SMILES string of the molecule is [CH2]CCC[C@H](N)CCc1ccccc1. The van der Waals surface area contributed by atoms with Gasteiger partial charge in [0.2, 0.25) is 0 Å². The molecule has 0 aromatic heterocycles. The minimum atomic E-state index is 0.344. The summed E-state index contributed by atoms with van der Waals surface area (Å²) in [4.78, 5) is 0. The molecule has 1 radical (unpaired) electrons. The topological polar surface area (TPSA) is 26.0 Å². The van der Waals surface area contributed by atoms with Gasteiger partial charge in [0.1, 0.15) is 0 Å². The Morgan fingerprint density at radius 2 is 1.86 bits per heavy atom. The molecule has 1 heteroatoms. The molecule has 0 aliphatic carbocycles. The number of aryl methyl sites for hydroxylation is 1. The van der Waals surface area contributed by atoms with Crippen molar-refractivity contribution in [1.29, 1.82) is 0 Å². The Bertz CT molecular complexity index is 230. The fraction of sp³-hybridized carbons (Fsp3) is 0.462. The third-order valence-corrected chi connectivity index (χ3v) is 2.47. The van der Waals surface area contributed by atoms with E-state index in [1.807, 2.05) is 6.07 Å². The lowest BCUT2D eigenvalue weighted by molar-refractivity contribution is 0.548. The zero-order valence-electron chi connectivity index (χ0n) is 8.78. The maximum atomic E-state index is 5.98. The Kier molecular flexibility index (Phi) is 5.31. The Hall–Kier alpha value is -0.820. The van der Waals surface area contributed by atoms with Crippen LogP contribution in [-0.4, -0.2) is 6.04 Å². The van der Waals surface area contributed by atoms with Crippen LogP contribution in [0.5, 0.6) is 0 Å². The predicted octanol–water partition coefficient (Wildman–Crippen LogP) is 2.95. The van der Waals surface area contributed by atoms with Gasteiger partial charge in [0.15, 0.2) is 0 Å². The maximum absolute atomic E-state index is 5.98. The number of hydrogen-bond acceptors (Lipinski definition) is 1. The van der Waals surface area contributed by atoms with Gasteiger partial charge in [-0.15, -0.1) is 0 Å². The highest BCUT2D eigenvalue weighted by Gasteiger charge is 2.01. The van der Waals surface area contributed by atoms with Crippen molar-refractivity contribution in [3.05, 3.63) is 42.8 Å². The molecule has 0 saturated carbocycles. The average Bonchev–Trinajstić information content (AvgIpc) is 2.25. The van der Waals surface area contributed by atoms with Crippen molar-refractivity contribution in [2.45, 2.75) is 38.1 Å². The maximum Gasteiger partial charge on any atom is 0.00419 e. The first-order valence-electron chi connectivity index (χ1n) is 5.41. The van der Waals surface area contributed by atoms with Gasteiger partial charge in [-0.1, -0.05) is 50.1 Å². The second-order valence-corrected chi connectivity index (χ2v) is 3.78. The zero-order valence-corrected chi connectivity index (χ0v) is 8.78. The average molecular weight is 190 g/mol. The van der Waals surface area contributed by atoms with Gasteiger partial charge in [-0.25, -0.2) is 0 Å². The van der Waals surface area contributed by atoms with Crippen molar-refractivity contribution in [2.75, 3.05) is 0 Å². The fourth-order valence-corrected chi connectivity index (χ4v) is 1.55. The molecule has 1 atom stereocenters. The summed E-state index contributed by atoms with van der Waals surface area (Å²) >= 11 is 0. The van der Waals surface area contributed by atoms with E-state index in [-0.39, 0.29) is 0 Å². The van der Waals surface area contributed by atoms with Crippen LogP contribution in [0.4, 0.5) is 0 Å². The van der Waals surface area contributed by atoms with E-state index in [4.69, 9.17) is 5.73 Å². The van der Waals surface area contributed by atoms with Crippen molar-refractivity contribution < 1.29 is 0 Å².